The zero-order chi connectivity index (χ0) is 24.3. The van der Waals surface area contributed by atoms with Crippen LogP contribution in [0.5, 0.6) is 11.5 Å². The number of rotatable bonds is 12. The van der Waals surface area contributed by atoms with E-state index in [0.717, 1.165) is 36.6 Å². The lowest BCUT2D eigenvalue weighted by Gasteiger charge is -2.17. The van der Waals surface area contributed by atoms with Crippen LogP contribution in [0.25, 0.3) is 17.0 Å². The number of nitrogens with zero attached hydrogens (tertiary/aromatic N) is 1. The van der Waals surface area contributed by atoms with Crippen LogP contribution in [0.1, 0.15) is 38.2 Å². The number of hydrogen-bond donors (Lipinski definition) is 1. The zero-order valence-electron chi connectivity index (χ0n) is 19.9. The number of aryl methyl sites for hydroxylation is 1. The van der Waals surface area contributed by atoms with Gasteiger partial charge in [0.2, 0.25) is 11.7 Å². The predicted molar refractivity (Wildman–Crippen MR) is 139 cm³/mol. The highest BCUT2D eigenvalue weighted by molar-refractivity contribution is 6.03. The van der Waals surface area contributed by atoms with Gasteiger partial charge < -0.3 is 19.4 Å². The standard InChI is InChI=1S/C28H32N2O4/c1-4-6-7-11-19-34-26-23-16-15-22(29-25(31)17-14-21-12-9-8-10-13-21)20-24(23)30(3)28(32)27(26)33-18-5-2/h5,8-10,12-17,20H,2,4,6-7,11,18-19H2,1,3H3,(H,29,31)/b17-14+. The van der Waals surface area contributed by atoms with E-state index >= 15 is 0 Å². The molecule has 0 saturated heterocycles. The van der Waals surface area contributed by atoms with Crippen LogP contribution in [0.2, 0.25) is 0 Å². The summed E-state index contributed by atoms with van der Waals surface area (Å²) in [5, 5.41) is 3.60. The molecule has 0 radical (unpaired) electrons. The van der Waals surface area contributed by atoms with Gasteiger partial charge in [-0.2, -0.15) is 0 Å². The number of nitrogens with one attached hydrogen (secondary N) is 1. The topological polar surface area (TPSA) is 69.6 Å². The first-order chi connectivity index (χ1) is 16.5. The summed E-state index contributed by atoms with van der Waals surface area (Å²) in [6, 6.07) is 15.0. The molecule has 0 unspecified atom stereocenters. The summed E-state index contributed by atoms with van der Waals surface area (Å²) in [5.74, 6) is 0.345. The monoisotopic (exact) mass is 460 g/mol. The van der Waals surface area contributed by atoms with Crippen LogP contribution in [-0.4, -0.2) is 23.7 Å². The third-order valence-electron chi connectivity index (χ3n) is 5.39. The fourth-order valence-electron chi connectivity index (χ4n) is 3.60. The van der Waals surface area contributed by atoms with Crippen LogP contribution in [-0.2, 0) is 11.8 Å². The molecular formula is C28H32N2O4. The maximum Gasteiger partial charge on any atom is 0.297 e. The molecule has 0 spiro atoms. The van der Waals surface area contributed by atoms with Gasteiger partial charge >= 0.3 is 0 Å². The number of fused-ring (bicyclic) bond motifs is 1. The third kappa shape index (κ3) is 6.38. The van der Waals surface area contributed by atoms with Crippen molar-refractivity contribution in [1.29, 1.82) is 0 Å². The molecule has 3 rings (SSSR count). The lowest BCUT2D eigenvalue weighted by atomic mass is 10.1. The highest BCUT2D eigenvalue weighted by atomic mass is 16.5. The Bertz CT molecular complexity index is 1210. The van der Waals surface area contributed by atoms with Crippen molar-refractivity contribution in [3.8, 4) is 11.5 Å². The molecule has 6 nitrogen and oxygen atoms in total. The maximum atomic E-state index is 13.1. The maximum absolute atomic E-state index is 13.1. The Morgan fingerprint density at radius 3 is 2.59 bits per heavy atom. The van der Waals surface area contributed by atoms with E-state index in [4.69, 9.17) is 9.47 Å². The highest BCUT2D eigenvalue weighted by Crippen LogP contribution is 2.34. The van der Waals surface area contributed by atoms with Crippen molar-refractivity contribution < 1.29 is 14.3 Å². The molecule has 0 aliphatic rings. The number of ether oxygens (including phenoxy) is 2. The summed E-state index contributed by atoms with van der Waals surface area (Å²) in [6.45, 7) is 6.52. The normalized spacial score (nSPS) is 11.0. The van der Waals surface area contributed by atoms with E-state index in [1.54, 1.807) is 31.3 Å². The van der Waals surface area contributed by atoms with Crippen molar-refractivity contribution in [1.82, 2.24) is 4.57 Å². The Hall–Kier alpha value is -3.80. The Kier molecular flexibility index (Phi) is 9.09. The number of unbranched alkanes of at least 4 members (excludes halogenated alkanes) is 3. The fraction of sp³-hybridized carbons (Fsp3) is 0.286. The molecule has 0 bridgehead atoms. The van der Waals surface area contributed by atoms with Crippen molar-refractivity contribution in [3.63, 3.8) is 0 Å². The number of aromatic nitrogens is 1. The van der Waals surface area contributed by atoms with Gasteiger partial charge in [0.1, 0.15) is 6.61 Å². The molecule has 34 heavy (non-hydrogen) atoms. The van der Waals surface area contributed by atoms with Crippen LogP contribution >= 0.6 is 0 Å². The molecule has 3 aromatic rings. The number of amides is 1. The minimum Gasteiger partial charge on any atom is -0.489 e. The second-order valence-corrected chi connectivity index (χ2v) is 8.00. The van der Waals surface area contributed by atoms with Gasteiger partial charge in [0.15, 0.2) is 5.75 Å². The van der Waals surface area contributed by atoms with E-state index in [1.807, 2.05) is 36.4 Å². The van der Waals surface area contributed by atoms with Crippen LogP contribution in [0.4, 0.5) is 5.69 Å². The number of anilines is 1. The first-order valence-corrected chi connectivity index (χ1v) is 11.6. The van der Waals surface area contributed by atoms with E-state index in [1.165, 1.54) is 10.6 Å². The second-order valence-electron chi connectivity index (χ2n) is 8.00. The zero-order valence-corrected chi connectivity index (χ0v) is 19.9. The molecule has 1 N–H and O–H groups in total. The number of benzene rings is 2. The van der Waals surface area contributed by atoms with Crippen molar-refractivity contribution in [2.75, 3.05) is 18.5 Å². The number of carbonyl (C=O) groups excluding carboxylic acids is 1. The molecule has 0 aliphatic carbocycles. The van der Waals surface area contributed by atoms with E-state index in [9.17, 15) is 9.59 Å². The van der Waals surface area contributed by atoms with Gasteiger partial charge in [-0.05, 0) is 36.3 Å². The van der Waals surface area contributed by atoms with Crippen LogP contribution in [0, 0.1) is 0 Å². The third-order valence-corrected chi connectivity index (χ3v) is 5.39. The van der Waals surface area contributed by atoms with Gasteiger partial charge in [0.25, 0.3) is 5.56 Å². The predicted octanol–water partition coefficient (Wildman–Crippen LogP) is 5.71. The quantitative estimate of drug-likeness (QED) is 0.213. The van der Waals surface area contributed by atoms with E-state index < -0.39 is 0 Å². The molecule has 2 aromatic carbocycles. The van der Waals surface area contributed by atoms with Crippen LogP contribution in [0.3, 0.4) is 0 Å². The first kappa shape index (κ1) is 24.8. The van der Waals surface area contributed by atoms with E-state index in [2.05, 4.69) is 18.8 Å². The minimum absolute atomic E-state index is 0.174. The van der Waals surface area contributed by atoms with Crippen molar-refractivity contribution >= 4 is 28.6 Å². The SMILES string of the molecule is C=CCOc1c(OCCCCCC)c2ccc(NC(=O)/C=C/c3ccccc3)cc2n(C)c1=O. The molecule has 0 fully saturated rings. The summed E-state index contributed by atoms with van der Waals surface area (Å²) in [6.07, 6.45) is 9.06. The molecule has 0 atom stereocenters. The van der Waals surface area contributed by atoms with Gasteiger partial charge in [-0.3, -0.25) is 9.59 Å². The summed E-state index contributed by atoms with van der Waals surface area (Å²) < 4.78 is 13.3. The summed E-state index contributed by atoms with van der Waals surface area (Å²) in [5.41, 5.74) is 1.86. The average Bonchev–Trinajstić information content (AvgIpc) is 2.85. The first-order valence-electron chi connectivity index (χ1n) is 11.6. The number of carbonyl (C=O) groups is 1. The van der Waals surface area contributed by atoms with Gasteiger partial charge in [-0.25, -0.2) is 0 Å². The lowest BCUT2D eigenvalue weighted by Crippen LogP contribution is -2.21. The molecule has 0 saturated carbocycles. The van der Waals surface area contributed by atoms with Gasteiger partial charge in [-0.15, -0.1) is 0 Å². The molecule has 178 valence electrons. The van der Waals surface area contributed by atoms with Crippen molar-refractivity contribution in [2.45, 2.75) is 32.6 Å². The Balaban J connectivity index is 1.89. The summed E-state index contributed by atoms with van der Waals surface area (Å²) in [4.78, 5) is 25.5. The molecule has 1 aromatic heterocycles. The number of pyridine rings is 1. The van der Waals surface area contributed by atoms with Gasteiger partial charge in [0.05, 0.1) is 12.1 Å². The summed E-state index contributed by atoms with van der Waals surface area (Å²) in [7, 11) is 1.68. The fourth-order valence-corrected chi connectivity index (χ4v) is 3.60. The van der Waals surface area contributed by atoms with Gasteiger partial charge in [0, 0.05) is 24.2 Å². The Labute approximate surface area is 200 Å². The van der Waals surface area contributed by atoms with Gasteiger partial charge in [-0.1, -0.05) is 69.2 Å². The van der Waals surface area contributed by atoms with Crippen LogP contribution in [0.15, 0.2) is 72.1 Å². The molecule has 1 heterocycles. The number of hydrogen-bond acceptors (Lipinski definition) is 4. The lowest BCUT2D eigenvalue weighted by molar-refractivity contribution is -0.111. The average molecular weight is 461 g/mol. The van der Waals surface area contributed by atoms with Crippen LogP contribution < -0.4 is 20.3 Å². The highest BCUT2D eigenvalue weighted by Gasteiger charge is 2.18. The Morgan fingerprint density at radius 1 is 1.06 bits per heavy atom. The van der Waals surface area contributed by atoms with E-state index in [-0.39, 0.29) is 23.8 Å². The van der Waals surface area contributed by atoms with Crippen molar-refractivity contribution in [2.24, 2.45) is 7.05 Å². The minimum atomic E-state index is -0.301. The molecule has 6 heteroatoms. The molecule has 1 amide bonds. The summed E-state index contributed by atoms with van der Waals surface area (Å²) >= 11 is 0. The largest absolute Gasteiger partial charge is 0.489 e. The smallest absolute Gasteiger partial charge is 0.297 e. The Morgan fingerprint density at radius 2 is 1.85 bits per heavy atom. The molecular weight excluding hydrogens is 428 g/mol. The second kappa shape index (κ2) is 12.4. The van der Waals surface area contributed by atoms with E-state index in [0.29, 0.717) is 23.6 Å². The van der Waals surface area contributed by atoms with Crippen molar-refractivity contribution in [3.05, 3.63) is 83.2 Å². The molecule has 0 aliphatic heterocycles.